The van der Waals surface area contributed by atoms with Crippen LogP contribution in [0.15, 0.2) is 48.5 Å². The second-order valence-electron chi connectivity index (χ2n) is 5.46. The topological polar surface area (TPSA) is 61.4 Å². The van der Waals surface area contributed by atoms with E-state index in [-0.39, 0.29) is 18.0 Å². The van der Waals surface area contributed by atoms with Crippen LogP contribution in [-0.2, 0) is 4.79 Å². The van der Waals surface area contributed by atoms with Crippen molar-refractivity contribution in [1.82, 2.24) is 5.32 Å². The maximum absolute atomic E-state index is 13.1. The van der Waals surface area contributed by atoms with Gasteiger partial charge in [-0.15, -0.1) is 0 Å². The van der Waals surface area contributed by atoms with E-state index in [1.165, 1.54) is 18.2 Å². The molecule has 2 aromatic carbocycles. The van der Waals surface area contributed by atoms with E-state index < -0.39 is 11.7 Å². The summed E-state index contributed by atoms with van der Waals surface area (Å²) in [5.74, 6) is -1.34. The Balaban J connectivity index is 1.87. The highest BCUT2D eigenvalue weighted by Crippen LogP contribution is 2.17. The van der Waals surface area contributed by atoms with Gasteiger partial charge >= 0.3 is 0 Å². The van der Waals surface area contributed by atoms with E-state index in [1.807, 2.05) is 24.3 Å². The molecule has 0 unspecified atom stereocenters. The van der Waals surface area contributed by atoms with Gasteiger partial charge in [-0.25, -0.2) is 4.39 Å². The van der Waals surface area contributed by atoms with Crippen LogP contribution in [0.1, 0.15) is 24.2 Å². The number of nitrogens with zero attached hydrogens (tertiary/aromatic N) is 1. The lowest BCUT2D eigenvalue weighted by Gasteiger charge is -2.21. The molecule has 0 saturated heterocycles. The minimum atomic E-state index is -0.495. The van der Waals surface area contributed by atoms with E-state index in [4.69, 9.17) is 0 Å². The smallest absolute Gasteiger partial charge is 0.251 e. The summed E-state index contributed by atoms with van der Waals surface area (Å²) < 4.78 is 13.1. The van der Waals surface area contributed by atoms with Crippen molar-refractivity contribution in [2.75, 3.05) is 29.9 Å². The fourth-order valence-electron chi connectivity index (χ4n) is 2.44. The van der Waals surface area contributed by atoms with Crippen LogP contribution in [0.25, 0.3) is 0 Å². The Labute approximate surface area is 146 Å². The maximum Gasteiger partial charge on any atom is 0.251 e. The van der Waals surface area contributed by atoms with Crippen molar-refractivity contribution < 1.29 is 14.0 Å². The molecule has 2 aromatic rings. The zero-order valence-electron chi connectivity index (χ0n) is 14.4. The van der Waals surface area contributed by atoms with Gasteiger partial charge in [0.15, 0.2) is 0 Å². The van der Waals surface area contributed by atoms with Crippen LogP contribution in [0.4, 0.5) is 15.8 Å². The van der Waals surface area contributed by atoms with E-state index in [0.29, 0.717) is 5.69 Å². The maximum atomic E-state index is 13.1. The Morgan fingerprint density at radius 3 is 2.32 bits per heavy atom. The van der Waals surface area contributed by atoms with Crippen molar-refractivity contribution in [3.8, 4) is 0 Å². The quantitative estimate of drug-likeness (QED) is 0.812. The van der Waals surface area contributed by atoms with E-state index >= 15 is 0 Å². The first-order valence-electron chi connectivity index (χ1n) is 8.22. The van der Waals surface area contributed by atoms with Gasteiger partial charge in [0.05, 0.1) is 6.54 Å². The monoisotopic (exact) mass is 343 g/mol. The highest BCUT2D eigenvalue weighted by molar-refractivity contribution is 5.99. The standard InChI is InChI=1S/C19H22FN3O2/c1-3-23(4-2)17-10-8-16(9-11-17)22-18(24)13-21-19(25)14-6-5-7-15(20)12-14/h5-12H,3-4,13H2,1-2H3,(H,21,25)(H,22,24). The summed E-state index contributed by atoms with van der Waals surface area (Å²) in [5.41, 5.74) is 1.92. The molecule has 0 fully saturated rings. The molecule has 5 nitrogen and oxygen atoms in total. The van der Waals surface area contributed by atoms with Crippen LogP contribution in [-0.4, -0.2) is 31.4 Å². The van der Waals surface area contributed by atoms with Gasteiger partial charge in [-0.05, 0) is 56.3 Å². The molecule has 0 bridgehead atoms. The van der Waals surface area contributed by atoms with E-state index in [1.54, 1.807) is 0 Å². The summed E-state index contributed by atoms with van der Waals surface area (Å²) in [4.78, 5) is 26.0. The first-order valence-corrected chi connectivity index (χ1v) is 8.22. The molecule has 0 atom stereocenters. The minimum Gasteiger partial charge on any atom is -0.372 e. The number of hydrogen-bond donors (Lipinski definition) is 2. The number of amides is 2. The van der Waals surface area contributed by atoms with Crippen LogP contribution >= 0.6 is 0 Å². The fourth-order valence-corrected chi connectivity index (χ4v) is 2.44. The van der Waals surface area contributed by atoms with Gasteiger partial charge < -0.3 is 15.5 Å². The van der Waals surface area contributed by atoms with Gasteiger partial charge in [0.1, 0.15) is 5.82 Å². The number of benzene rings is 2. The molecule has 132 valence electrons. The molecule has 0 radical (unpaired) electrons. The summed E-state index contributed by atoms with van der Waals surface area (Å²) in [7, 11) is 0. The highest BCUT2D eigenvalue weighted by Gasteiger charge is 2.09. The van der Waals surface area contributed by atoms with Crippen molar-refractivity contribution in [2.45, 2.75) is 13.8 Å². The van der Waals surface area contributed by atoms with Crippen molar-refractivity contribution in [3.05, 3.63) is 59.9 Å². The predicted octanol–water partition coefficient (Wildman–Crippen LogP) is 3.04. The Bertz CT molecular complexity index is 728. The Morgan fingerprint density at radius 2 is 1.72 bits per heavy atom. The first kappa shape index (κ1) is 18.4. The highest BCUT2D eigenvalue weighted by atomic mass is 19.1. The third-order valence-electron chi connectivity index (χ3n) is 3.78. The molecule has 2 rings (SSSR count). The van der Waals surface area contributed by atoms with Crippen LogP contribution < -0.4 is 15.5 Å². The SMILES string of the molecule is CCN(CC)c1ccc(NC(=O)CNC(=O)c2cccc(F)c2)cc1. The molecule has 0 aromatic heterocycles. The van der Waals surface area contributed by atoms with Crippen molar-refractivity contribution in [1.29, 1.82) is 0 Å². The molecule has 0 aliphatic carbocycles. The molecule has 6 heteroatoms. The zero-order valence-corrected chi connectivity index (χ0v) is 14.4. The van der Waals surface area contributed by atoms with Crippen LogP contribution in [0.2, 0.25) is 0 Å². The van der Waals surface area contributed by atoms with Crippen molar-refractivity contribution in [3.63, 3.8) is 0 Å². The molecule has 2 amide bonds. The Morgan fingerprint density at radius 1 is 1.04 bits per heavy atom. The summed E-state index contributed by atoms with van der Waals surface area (Å²) in [6, 6.07) is 12.8. The van der Waals surface area contributed by atoms with E-state index in [9.17, 15) is 14.0 Å². The zero-order chi connectivity index (χ0) is 18.2. The molecule has 0 spiro atoms. The van der Waals surface area contributed by atoms with Crippen molar-refractivity contribution >= 4 is 23.2 Å². The fraction of sp³-hybridized carbons (Fsp3) is 0.263. The average Bonchev–Trinajstić information content (AvgIpc) is 2.62. The Hall–Kier alpha value is -2.89. The number of carbonyl (C=O) groups is 2. The second kappa shape index (κ2) is 8.82. The van der Waals surface area contributed by atoms with Crippen LogP contribution in [0.5, 0.6) is 0 Å². The summed E-state index contributed by atoms with van der Waals surface area (Å²) in [5, 5.41) is 5.18. The predicted molar refractivity (Wildman–Crippen MR) is 97.4 cm³/mol. The number of nitrogens with one attached hydrogen (secondary N) is 2. The first-order chi connectivity index (χ1) is 12.0. The van der Waals surface area contributed by atoms with E-state index in [0.717, 1.165) is 24.8 Å². The van der Waals surface area contributed by atoms with Gasteiger partial charge in [-0.2, -0.15) is 0 Å². The van der Waals surface area contributed by atoms with Gasteiger partial charge in [-0.1, -0.05) is 6.07 Å². The van der Waals surface area contributed by atoms with Crippen LogP contribution in [0, 0.1) is 5.82 Å². The molecule has 0 heterocycles. The normalized spacial score (nSPS) is 10.2. The minimum absolute atomic E-state index is 0.177. The molecular weight excluding hydrogens is 321 g/mol. The second-order valence-corrected chi connectivity index (χ2v) is 5.46. The average molecular weight is 343 g/mol. The Kier molecular flexibility index (Phi) is 6.51. The number of rotatable bonds is 7. The number of carbonyl (C=O) groups excluding carboxylic acids is 2. The lowest BCUT2D eigenvalue weighted by molar-refractivity contribution is -0.115. The van der Waals surface area contributed by atoms with Gasteiger partial charge in [-0.3, -0.25) is 9.59 Å². The van der Waals surface area contributed by atoms with Gasteiger partial charge in [0, 0.05) is 30.0 Å². The van der Waals surface area contributed by atoms with Gasteiger partial charge in [0.2, 0.25) is 5.91 Å². The molecule has 0 saturated carbocycles. The number of hydrogen-bond acceptors (Lipinski definition) is 3. The summed E-state index contributed by atoms with van der Waals surface area (Å²) in [6.07, 6.45) is 0. The van der Waals surface area contributed by atoms with E-state index in [2.05, 4.69) is 29.4 Å². The molecular formula is C19H22FN3O2. The molecule has 0 aliphatic heterocycles. The molecule has 2 N–H and O–H groups in total. The third kappa shape index (κ3) is 5.31. The summed E-state index contributed by atoms with van der Waals surface area (Å²) in [6.45, 7) is 5.80. The van der Waals surface area contributed by atoms with Crippen LogP contribution in [0.3, 0.4) is 0 Å². The molecule has 25 heavy (non-hydrogen) atoms. The largest absolute Gasteiger partial charge is 0.372 e. The summed E-state index contributed by atoms with van der Waals surface area (Å²) >= 11 is 0. The van der Waals surface area contributed by atoms with Crippen molar-refractivity contribution in [2.24, 2.45) is 0 Å². The lowest BCUT2D eigenvalue weighted by atomic mass is 10.2. The number of anilines is 2. The molecule has 0 aliphatic rings. The lowest BCUT2D eigenvalue weighted by Crippen LogP contribution is -2.32. The third-order valence-corrected chi connectivity index (χ3v) is 3.78. The van der Waals surface area contributed by atoms with Gasteiger partial charge in [0.25, 0.3) is 5.91 Å². The number of halogens is 1.